The monoisotopic (exact) mass is 447 g/mol. The molecule has 0 unspecified atom stereocenters. The van der Waals surface area contributed by atoms with Gasteiger partial charge in [0.15, 0.2) is 5.65 Å². The molecule has 0 aliphatic heterocycles. The Bertz CT molecular complexity index is 757. The van der Waals surface area contributed by atoms with Gasteiger partial charge in [0.25, 0.3) is 0 Å². The third-order valence-corrected chi connectivity index (χ3v) is 4.33. The van der Waals surface area contributed by atoms with Crippen LogP contribution in [0.15, 0.2) is 41.0 Å². The van der Waals surface area contributed by atoms with E-state index in [1.165, 1.54) is 0 Å². The van der Waals surface area contributed by atoms with Crippen molar-refractivity contribution >= 4 is 61.3 Å². The minimum atomic E-state index is 0.346. The first kappa shape index (κ1) is 13.3. The minimum Gasteiger partial charge on any atom is -0.279 e. The van der Waals surface area contributed by atoms with Gasteiger partial charge in [-0.2, -0.15) is 0 Å². The highest BCUT2D eigenvalue weighted by atomic mass is 127. The van der Waals surface area contributed by atoms with E-state index in [2.05, 4.69) is 54.6 Å². The van der Waals surface area contributed by atoms with Crippen LogP contribution in [0.5, 0.6) is 0 Å². The lowest BCUT2D eigenvalue weighted by Gasteiger charge is -2.09. The van der Waals surface area contributed by atoms with Crippen molar-refractivity contribution in [2.75, 3.05) is 0 Å². The molecule has 3 rings (SSSR count). The molecule has 0 bridgehead atoms. The molecule has 0 spiro atoms. The third-order valence-electron chi connectivity index (χ3n) is 2.75. The van der Waals surface area contributed by atoms with Crippen molar-refractivity contribution in [3.8, 4) is 5.69 Å². The van der Waals surface area contributed by atoms with Crippen molar-refractivity contribution < 1.29 is 0 Å². The molecule has 0 atom stereocenters. The van der Waals surface area contributed by atoms with E-state index in [1.807, 2.05) is 28.8 Å². The SMILES string of the molecule is ClCc1nc2cc(Br)cnc2n1-c1ccccc1I. The minimum absolute atomic E-state index is 0.346. The number of fused-ring (bicyclic) bond motifs is 1. The van der Waals surface area contributed by atoms with E-state index in [0.29, 0.717) is 5.88 Å². The summed E-state index contributed by atoms with van der Waals surface area (Å²) >= 11 is 11.7. The van der Waals surface area contributed by atoms with Gasteiger partial charge in [0, 0.05) is 14.2 Å². The molecule has 96 valence electrons. The Morgan fingerprint density at radius 3 is 2.84 bits per heavy atom. The molecule has 2 aromatic heterocycles. The quantitative estimate of drug-likeness (QED) is 0.426. The lowest BCUT2D eigenvalue weighted by molar-refractivity contribution is 0.964. The molecule has 3 nitrogen and oxygen atoms in total. The number of pyridine rings is 1. The maximum absolute atomic E-state index is 6.02. The average molecular weight is 448 g/mol. The summed E-state index contributed by atoms with van der Waals surface area (Å²) in [6.07, 6.45) is 1.77. The van der Waals surface area contributed by atoms with E-state index >= 15 is 0 Å². The summed E-state index contributed by atoms with van der Waals surface area (Å²) in [4.78, 5) is 9.00. The maximum atomic E-state index is 6.02. The van der Waals surface area contributed by atoms with Crippen LogP contribution in [0.1, 0.15) is 5.82 Å². The van der Waals surface area contributed by atoms with Crippen molar-refractivity contribution in [3.05, 3.63) is 50.4 Å². The second-order valence-electron chi connectivity index (χ2n) is 3.94. The number of aromatic nitrogens is 3. The highest BCUT2D eigenvalue weighted by Gasteiger charge is 2.14. The zero-order valence-electron chi connectivity index (χ0n) is 9.65. The van der Waals surface area contributed by atoms with Gasteiger partial charge in [0.05, 0.1) is 11.6 Å². The zero-order chi connectivity index (χ0) is 13.4. The molecule has 19 heavy (non-hydrogen) atoms. The summed E-state index contributed by atoms with van der Waals surface area (Å²) in [5.41, 5.74) is 2.71. The number of nitrogens with zero attached hydrogens (tertiary/aromatic N) is 3. The van der Waals surface area contributed by atoms with Gasteiger partial charge >= 0.3 is 0 Å². The largest absolute Gasteiger partial charge is 0.279 e. The lowest BCUT2D eigenvalue weighted by atomic mass is 10.3. The molecule has 0 fully saturated rings. The second kappa shape index (κ2) is 5.38. The topological polar surface area (TPSA) is 30.7 Å². The molecule has 0 aliphatic rings. The Kier molecular flexibility index (Phi) is 3.77. The molecule has 6 heteroatoms. The van der Waals surface area contributed by atoms with Gasteiger partial charge in [-0.25, -0.2) is 9.97 Å². The van der Waals surface area contributed by atoms with Crippen molar-refractivity contribution in [1.82, 2.24) is 14.5 Å². The molecule has 1 aromatic carbocycles. The van der Waals surface area contributed by atoms with Gasteiger partial charge < -0.3 is 0 Å². The molecule has 0 saturated carbocycles. The first-order chi connectivity index (χ1) is 9.20. The fourth-order valence-corrected chi connectivity index (χ4v) is 3.09. The normalized spacial score (nSPS) is 11.1. The van der Waals surface area contributed by atoms with Gasteiger partial charge in [0.1, 0.15) is 11.3 Å². The van der Waals surface area contributed by atoms with Gasteiger partial charge in [-0.15, -0.1) is 11.6 Å². The van der Waals surface area contributed by atoms with Crippen LogP contribution < -0.4 is 0 Å². The molecule has 0 N–H and O–H groups in total. The number of benzene rings is 1. The molecule has 0 saturated heterocycles. The standard InChI is InChI=1S/C13H8BrClIN3/c14-8-5-10-13(17-7-8)19(12(6-15)18-10)11-4-2-1-3-9(11)16/h1-5,7H,6H2. The number of alkyl halides is 1. The average Bonchev–Trinajstić information content (AvgIpc) is 2.76. The molecular formula is C13H8BrClIN3. The highest BCUT2D eigenvalue weighted by molar-refractivity contribution is 14.1. The molecular weight excluding hydrogens is 440 g/mol. The van der Waals surface area contributed by atoms with Crippen molar-refractivity contribution in [1.29, 1.82) is 0 Å². The Morgan fingerprint density at radius 2 is 2.11 bits per heavy atom. The second-order valence-corrected chi connectivity index (χ2v) is 6.29. The van der Waals surface area contributed by atoms with Crippen LogP contribution in [-0.4, -0.2) is 14.5 Å². The number of hydrogen-bond donors (Lipinski definition) is 0. The number of rotatable bonds is 2. The van der Waals surface area contributed by atoms with E-state index in [-0.39, 0.29) is 0 Å². The summed E-state index contributed by atoms with van der Waals surface area (Å²) in [6, 6.07) is 10.1. The molecule has 2 heterocycles. The summed E-state index contributed by atoms with van der Waals surface area (Å²) in [6.45, 7) is 0. The van der Waals surface area contributed by atoms with E-state index in [9.17, 15) is 0 Å². The number of hydrogen-bond acceptors (Lipinski definition) is 2. The Morgan fingerprint density at radius 1 is 1.32 bits per heavy atom. The first-order valence-electron chi connectivity index (χ1n) is 5.54. The van der Waals surface area contributed by atoms with Crippen molar-refractivity contribution in [3.63, 3.8) is 0 Å². The van der Waals surface area contributed by atoms with Crippen molar-refractivity contribution in [2.24, 2.45) is 0 Å². The number of para-hydroxylation sites is 1. The van der Waals surface area contributed by atoms with E-state index in [0.717, 1.165) is 30.7 Å². The van der Waals surface area contributed by atoms with Crippen LogP contribution in [-0.2, 0) is 5.88 Å². The van der Waals surface area contributed by atoms with Crippen LogP contribution in [0, 0.1) is 3.57 Å². The smallest absolute Gasteiger partial charge is 0.164 e. The summed E-state index contributed by atoms with van der Waals surface area (Å²) < 4.78 is 4.06. The fraction of sp³-hybridized carbons (Fsp3) is 0.0769. The summed E-state index contributed by atoms with van der Waals surface area (Å²) in [5, 5.41) is 0. The van der Waals surface area contributed by atoms with E-state index < -0.39 is 0 Å². The molecule has 0 amide bonds. The fourth-order valence-electron chi connectivity index (χ4n) is 1.96. The Labute approximate surface area is 137 Å². The highest BCUT2D eigenvalue weighted by Crippen LogP contribution is 2.26. The van der Waals surface area contributed by atoms with Crippen LogP contribution in [0.2, 0.25) is 0 Å². The Balaban J connectivity index is 2.36. The van der Waals surface area contributed by atoms with Crippen molar-refractivity contribution in [2.45, 2.75) is 5.88 Å². The van der Waals surface area contributed by atoms with Crippen LogP contribution >= 0.6 is 50.1 Å². The van der Waals surface area contributed by atoms with Gasteiger partial charge in [-0.1, -0.05) is 12.1 Å². The predicted molar refractivity (Wildman–Crippen MR) is 88.8 cm³/mol. The van der Waals surface area contributed by atoms with Gasteiger partial charge in [0.2, 0.25) is 0 Å². The summed E-state index contributed by atoms with van der Waals surface area (Å²) in [5.74, 6) is 1.14. The predicted octanol–water partition coefficient (Wildman–Crippen LogP) is 4.53. The molecule has 0 radical (unpaired) electrons. The van der Waals surface area contributed by atoms with E-state index in [4.69, 9.17) is 11.6 Å². The number of halogens is 3. The maximum Gasteiger partial charge on any atom is 0.164 e. The lowest BCUT2D eigenvalue weighted by Crippen LogP contribution is -2.02. The van der Waals surface area contributed by atoms with Gasteiger partial charge in [-0.05, 0) is 56.7 Å². The van der Waals surface area contributed by atoms with E-state index in [1.54, 1.807) is 6.20 Å². The Hall–Kier alpha value is -0.660. The van der Waals surface area contributed by atoms with Crippen LogP contribution in [0.25, 0.3) is 16.9 Å². The summed E-state index contributed by atoms with van der Waals surface area (Å²) in [7, 11) is 0. The van der Waals surface area contributed by atoms with Gasteiger partial charge in [-0.3, -0.25) is 4.57 Å². The van der Waals surface area contributed by atoms with Crippen LogP contribution in [0.4, 0.5) is 0 Å². The number of imidazole rings is 1. The molecule has 0 aliphatic carbocycles. The molecule has 3 aromatic rings. The zero-order valence-corrected chi connectivity index (χ0v) is 14.1. The van der Waals surface area contributed by atoms with Crippen LogP contribution in [0.3, 0.4) is 0 Å². The third kappa shape index (κ3) is 2.39. The first-order valence-corrected chi connectivity index (χ1v) is 7.95.